The Morgan fingerprint density at radius 1 is 1.22 bits per heavy atom. The number of fused-ring (bicyclic) bond motifs is 3. The lowest BCUT2D eigenvalue weighted by Gasteiger charge is -2.24. The first-order valence-electron chi connectivity index (χ1n) is 6.93. The predicted octanol–water partition coefficient (Wildman–Crippen LogP) is 2.05. The summed E-state index contributed by atoms with van der Waals surface area (Å²) < 4.78 is 0. The molecular weight excluding hydrogens is 244 g/mol. The second-order valence-electron chi connectivity index (χ2n) is 5.78. The number of thioether (sulfide) groups is 1. The number of H-pyrrole nitrogens is 1. The molecule has 0 amide bonds. The van der Waals surface area contributed by atoms with Gasteiger partial charge in [-0.2, -0.15) is 0 Å². The van der Waals surface area contributed by atoms with Gasteiger partial charge in [0.1, 0.15) is 0 Å². The van der Waals surface area contributed by atoms with Crippen molar-refractivity contribution in [3.8, 4) is 0 Å². The lowest BCUT2D eigenvalue weighted by molar-refractivity contribution is 0.457. The molecule has 2 atom stereocenters. The maximum Gasteiger partial charge on any atom is 0.252 e. The average Bonchev–Trinajstić information content (AvgIpc) is 3.18. The SMILES string of the molecule is O=c1[nH]c2c(cc1C1CCNCC1)C1CC1CS2. The minimum atomic E-state index is 0.159. The summed E-state index contributed by atoms with van der Waals surface area (Å²) in [5.41, 5.74) is 2.64. The molecule has 1 aromatic rings. The van der Waals surface area contributed by atoms with Crippen LogP contribution in [-0.2, 0) is 0 Å². The highest BCUT2D eigenvalue weighted by Crippen LogP contribution is 2.55. The minimum absolute atomic E-state index is 0.159. The Kier molecular flexibility index (Phi) is 2.55. The van der Waals surface area contributed by atoms with Crippen LogP contribution in [0.5, 0.6) is 0 Å². The van der Waals surface area contributed by atoms with Gasteiger partial charge in [-0.3, -0.25) is 4.79 Å². The van der Waals surface area contributed by atoms with E-state index in [0.717, 1.165) is 48.4 Å². The van der Waals surface area contributed by atoms with Gasteiger partial charge in [0.25, 0.3) is 5.56 Å². The van der Waals surface area contributed by atoms with E-state index in [1.54, 1.807) is 0 Å². The smallest absolute Gasteiger partial charge is 0.252 e. The first-order valence-corrected chi connectivity index (χ1v) is 7.92. The molecule has 3 heterocycles. The fourth-order valence-corrected chi connectivity index (χ4v) is 4.67. The number of nitrogens with one attached hydrogen (secondary N) is 2. The zero-order chi connectivity index (χ0) is 12.1. The lowest BCUT2D eigenvalue weighted by atomic mass is 9.90. The van der Waals surface area contributed by atoms with Crippen molar-refractivity contribution in [2.24, 2.45) is 5.92 Å². The average molecular weight is 262 g/mol. The molecule has 1 saturated carbocycles. The normalized spacial score (nSPS) is 30.7. The summed E-state index contributed by atoms with van der Waals surface area (Å²) >= 11 is 1.84. The third-order valence-corrected chi connectivity index (χ3v) is 5.83. The van der Waals surface area contributed by atoms with Gasteiger partial charge in [-0.15, -0.1) is 11.8 Å². The summed E-state index contributed by atoms with van der Waals surface area (Å²) in [6.45, 7) is 2.09. The van der Waals surface area contributed by atoms with E-state index in [-0.39, 0.29) is 5.56 Å². The van der Waals surface area contributed by atoms with Crippen molar-refractivity contribution in [2.45, 2.75) is 36.1 Å². The fourth-order valence-electron chi connectivity index (χ4n) is 3.38. The molecule has 1 aliphatic carbocycles. The monoisotopic (exact) mass is 262 g/mol. The predicted molar refractivity (Wildman–Crippen MR) is 73.5 cm³/mol. The van der Waals surface area contributed by atoms with Gasteiger partial charge in [0.15, 0.2) is 0 Å². The van der Waals surface area contributed by atoms with E-state index in [9.17, 15) is 4.79 Å². The molecule has 2 aliphatic heterocycles. The Morgan fingerprint density at radius 2 is 2.06 bits per heavy atom. The summed E-state index contributed by atoms with van der Waals surface area (Å²) in [5, 5.41) is 4.52. The highest BCUT2D eigenvalue weighted by atomic mass is 32.2. The summed E-state index contributed by atoms with van der Waals surface area (Å²) in [6, 6.07) is 2.24. The number of aromatic amines is 1. The van der Waals surface area contributed by atoms with Crippen molar-refractivity contribution < 1.29 is 0 Å². The molecule has 1 aromatic heterocycles. The lowest BCUT2D eigenvalue weighted by Crippen LogP contribution is -2.30. The Morgan fingerprint density at radius 3 is 2.89 bits per heavy atom. The zero-order valence-electron chi connectivity index (χ0n) is 10.4. The van der Waals surface area contributed by atoms with Gasteiger partial charge >= 0.3 is 0 Å². The topological polar surface area (TPSA) is 44.9 Å². The number of hydrogen-bond acceptors (Lipinski definition) is 3. The fraction of sp³-hybridized carbons (Fsp3) is 0.643. The van der Waals surface area contributed by atoms with Crippen molar-refractivity contribution in [2.75, 3.05) is 18.8 Å². The molecule has 2 N–H and O–H groups in total. The number of hydrogen-bond donors (Lipinski definition) is 2. The maximum atomic E-state index is 12.2. The van der Waals surface area contributed by atoms with Crippen LogP contribution in [0.25, 0.3) is 0 Å². The Hall–Kier alpha value is -0.740. The van der Waals surface area contributed by atoms with Crippen molar-refractivity contribution in [1.82, 2.24) is 10.3 Å². The first kappa shape index (κ1) is 11.1. The van der Waals surface area contributed by atoms with E-state index in [1.807, 2.05) is 11.8 Å². The molecule has 2 fully saturated rings. The van der Waals surface area contributed by atoms with Crippen LogP contribution in [0, 0.1) is 5.92 Å². The van der Waals surface area contributed by atoms with Crippen LogP contribution >= 0.6 is 11.8 Å². The summed E-state index contributed by atoms with van der Waals surface area (Å²) in [7, 11) is 0. The molecule has 3 nitrogen and oxygen atoms in total. The van der Waals surface area contributed by atoms with Crippen molar-refractivity contribution >= 4 is 11.8 Å². The Labute approximate surface area is 111 Å². The highest BCUT2D eigenvalue weighted by Gasteiger charge is 2.43. The second-order valence-corrected chi connectivity index (χ2v) is 6.81. The third-order valence-electron chi connectivity index (χ3n) is 4.61. The summed E-state index contributed by atoms with van der Waals surface area (Å²) in [5.74, 6) is 3.29. The molecule has 1 saturated heterocycles. The number of aromatic nitrogens is 1. The molecule has 96 valence electrons. The quantitative estimate of drug-likeness (QED) is 0.814. The van der Waals surface area contributed by atoms with E-state index in [1.165, 1.54) is 17.7 Å². The zero-order valence-corrected chi connectivity index (χ0v) is 11.2. The van der Waals surface area contributed by atoms with E-state index >= 15 is 0 Å². The number of pyridine rings is 1. The molecule has 4 heteroatoms. The van der Waals surface area contributed by atoms with Gasteiger partial charge < -0.3 is 10.3 Å². The Bertz CT molecular complexity index is 533. The minimum Gasteiger partial charge on any atom is -0.317 e. The highest BCUT2D eigenvalue weighted by molar-refractivity contribution is 7.99. The maximum absolute atomic E-state index is 12.2. The molecule has 0 radical (unpaired) electrons. The summed E-state index contributed by atoms with van der Waals surface area (Å²) in [6.07, 6.45) is 3.53. The van der Waals surface area contributed by atoms with Gasteiger partial charge in [-0.25, -0.2) is 0 Å². The molecular formula is C14H18N2OS. The van der Waals surface area contributed by atoms with E-state index < -0.39 is 0 Å². The standard InChI is InChI=1S/C14H18N2OS/c17-13-11(8-1-3-15-4-2-8)6-12-10-5-9(10)7-18-14(12)16-13/h6,8-10,15H,1-5,7H2,(H,16,17). The van der Waals surface area contributed by atoms with Crippen molar-refractivity contribution in [1.29, 1.82) is 0 Å². The summed E-state index contributed by atoms with van der Waals surface area (Å²) in [4.78, 5) is 15.4. The van der Waals surface area contributed by atoms with Gasteiger partial charge in [0.2, 0.25) is 0 Å². The first-order chi connectivity index (χ1) is 8.83. The van der Waals surface area contributed by atoms with E-state index in [0.29, 0.717) is 5.92 Å². The molecule has 18 heavy (non-hydrogen) atoms. The van der Waals surface area contributed by atoms with Gasteiger partial charge in [-0.1, -0.05) is 0 Å². The van der Waals surface area contributed by atoms with Gasteiger partial charge in [0.05, 0.1) is 5.03 Å². The third kappa shape index (κ3) is 1.74. The second kappa shape index (κ2) is 4.14. The van der Waals surface area contributed by atoms with Crippen LogP contribution in [0.15, 0.2) is 15.9 Å². The van der Waals surface area contributed by atoms with Crippen molar-refractivity contribution in [3.05, 3.63) is 27.5 Å². The number of piperidine rings is 1. The van der Waals surface area contributed by atoms with Crippen LogP contribution in [0.3, 0.4) is 0 Å². The van der Waals surface area contributed by atoms with Crippen LogP contribution in [-0.4, -0.2) is 23.8 Å². The van der Waals surface area contributed by atoms with Crippen LogP contribution < -0.4 is 10.9 Å². The van der Waals surface area contributed by atoms with E-state index in [2.05, 4.69) is 16.4 Å². The molecule has 0 aromatic carbocycles. The van der Waals surface area contributed by atoms with Gasteiger partial charge in [0, 0.05) is 11.3 Å². The van der Waals surface area contributed by atoms with Gasteiger partial charge in [-0.05, 0) is 61.7 Å². The molecule has 0 bridgehead atoms. The van der Waals surface area contributed by atoms with Crippen LogP contribution in [0.2, 0.25) is 0 Å². The molecule has 3 aliphatic rings. The van der Waals surface area contributed by atoms with Crippen LogP contribution in [0.1, 0.15) is 42.2 Å². The molecule has 4 rings (SSSR count). The molecule has 0 spiro atoms. The largest absolute Gasteiger partial charge is 0.317 e. The Balaban J connectivity index is 1.74. The van der Waals surface area contributed by atoms with Crippen LogP contribution in [0.4, 0.5) is 0 Å². The van der Waals surface area contributed by atoms with E-state index in [4.69, 9.17) is 0 Å². The molecule has 2 unspecified atom stereocenters. The number of rotatable bonds is 1. The van der Waals surface area contributed by atoms with Crippen molar-refractivity contribution in [3.63, 3.8) is 0 Å².